The molecule has 21 heavy (non-hydrogen) atoms. The van der Waals surface area contributed by atoms with Gasteiger partial charge < -0.3 is 4.98 Å². The molecule has 1 N–H and O–H groups in total. The Bertz CT molecular complexity index is 1020. The second-order valence-electron chi connectivity index (χ2n) is 5.02. The minimum absolute atomic E-state index is 0.638. The molecule has 0 spiro atoms. The van der Waals surface area contributed by atoms with Crippen LogP contribution in [-0.2, 0) is 0 Å². The molecule has 3 heterocycles. The lowest BCUT2D eigenvalue weighted by Crippen LogP contribution is -1.97. The van der Waals surface area contributed by atoms with Gasteiger partial charge in [-0.05, 0) is 48.3 Å². The SMILES string of the molecule is Cc1cnc2c(c1)[nH]c(=S)n2-c1cccc2ccncc12. The first-order chi connectivity index (χ1) is 10.2. The Balaban J connectivity index is 2.14. The Morgan fingerprint density at radius 1 is 1.19 bits per heavy atom. The average molecular weight is 292 g/mol. The van der Waals surface area contributed by atoms with E-state index >= 15 is 0 Å². The zero-order chi connectivity index (χ0) is 14.4. The van der Waals surface area contributed by atoms with Crippen LogP contribution in [0.3, 0.4) is 0 Å². The molecule has 0 saturated heterocycles. The molecule has 4 nitrogen and oxygen atoms in total. The smallest absolute Gasteiger partial charge is 0.184 e. The summed E-state index contributed by atoms with van der Waals surface area (Å²) in [6.07, 6.45) is 5.51. The van der Waals surface area contributed by atoms with Crippen LogP contribution in [0.5, 0.6) is 0 Å². The van der Waals surface area contributed by atoms with Gasteiger partial charge in [-0.15, -0.1) is 0 Å². The van der Waals surface area contributed by atoms with Crippen molar-refractivity contribution in [2.24, 2.45) is 0 Å². The average Bonchev–Trinajstić information content (AvgIpc) is 2.81. The topological polar surface area (TPSA) is 46.5 Å². The van der Waals surface area contributed by atoms with Gasteiger partial charge in [0.15, 0.2) is 10.4 Å². The standard InChI is InChI=1S/C16H12N4S/c1-10-7-13-15(18-8-10)20(16(21)19-13)14-4-2-3-11-5-6-17-9-12(11)14/h2-9H,1H3,(H,19,21). The van der Waals surface area contributed by atoms with Crippen LogP contribution in [0.4, 0.5) is 0 Å². The lowest BCUT2D eigenvalue weighted by atomic mass is 10.1. The monoisotopic (exact) mass is 292 g/mol. The number of aromatic amines is 1. The third-order valence-electron chi connectivity index (χ3n) is 3.56. The second kappa shape index (κ2) is 4.49. The second-order valence-corrected chi connectivity index (χ2v) is 5.41. The predicted octanol–water partition coefficient (Wildman–Crippen LogP) is 3.94. The number of aryl methyl sites for hydroxylation is 1. The van der Waals surface area contributed by atoms with Crippen molar-refractivity contribution in [1.29, 1.82) is 0 Å². The minimum atomic E-state index is 0.638. The maximum Gasteiger partial charge on any atom is 0.184 e. The van der Waals surface area contributed by atoms with Gasteiger partial charge in [-0.2, -0.15) is 0 Å². The van der Waals surface area contributed by atoms with E-state index < -0.39 is 0 Å². The molecular formula is C16H12N4S. The molecule has 5 heteroatoms. The van der Waals surface area contributed by atoms with Crippen LogP contribution >= 0.6 is 12.2 Å². The Morgan fingerprint density at radius 3 is 3.00 bits per heavy atom. The highest BCUT2D eigenvalue weighted by Crippen LogP contribution is 2.25. The Morgan fingerprint density at radius 2 is 2.10 bits per heavy atom. The highest BCUT2D eigenvalue weighted by molar-refractivity contribution is 7.71. The summed E-state index contributed by atoms with van der Waals surface area (Å²) >= 11 is 5.49. The lowest BCUT2D eigenvalue weighted by molar-refractivity contribution is 1.05. The third-order valence-corrected chi connectivity index (χ3v) is 3.85. The normalized spacial score (nSPS) is 11.3. The zero-order valence-corrected chi connectivity index (χ0v) is 12.2. The third kappa shape index (κ3) is 1.86. The number of nitrogens with zero attached hydrogens (tertiary/aromatic N) is 3. The summed E-state index contributed by atoms with van der Waals surface area (Å²) < 4.78 is 2.60. The van der Waals surface area contributed by atoms with Crippen LogP contribution < -0.4 is 0 Å². The van der Waals surface area contributed by atoms with Gasteiger partial charge in [0, 0.05) is 24.0 Å². The number of fused-ring (bicyclic) bond motifs is 2. The molecule has 0 aliphatic carbocycles. The predicted molar refractivity (Wildman–Crippen MR) is 86.3 cm³/mol. The van der Waals surface area contributed by atoms with Crippen LogP contribution in [0.2, 0.25) is 0 Å². The summed E-state index contributed by atoms with van der Waals surface area (Å²) in [7, 11) is 0. The molecule has 4 aromatic rings. The summed E-state index contributed by atoms with van der Waals surface area (Å²) in [4.78, 5) is 12.0. The van der Waals surface area contributed by atoms with Crippen molar-refractivity contribution in [2.45, 2.75) is 6.92 Å². The molecule has 0 atom stereocenters. The van der Waals surface area contributed by atoms with Gasteiger partial charge in [0.2, 0.25) is 0 Å². The molecule has 0 radical (unpaired) electrons. The van der Waals surface area contributed by atoms with E-state index in [4.69, 9.17) is 12.2 Å². The molecule has 102 valence electrons. The molecule has 0 saturated carbocycles. The van der Waals surface area contributed by atoms with Crippen LogP contribution in [0.15, 0.2) is 48.9 Å². The fourth-order valence-corrected chi connectivity index (χ4v) is 2.91. The van der Waals surface area contributed by atoms with Crippen molar-refractivity contribution in [3.63, 3.8) is 0 Å². The highest BCUT2D eigenvalue weighted by atomic mass is 32.1. The fraction of sp³-hybridized carbons (Fsp3) is 0.0625. The molecule has 4 rings (SSSR count). The van der Waals surface area contributed by atoms with Crippen molar-refractivity contribution >= 4 is 34.2 Å². The van der Waals surface area contributed by atoms with Gasteiger partial charge in [-0.25, -0.2) is 4.98 Å². The molecule has 3 aromatic heterocycles. The van der Waals surface area contributed by atoms with E-state index in [1.807, 2.05) is 42.1 Å². The molecule has 0 aliphatic rings. The highest BCUT2D eigenvalue weighted by Gasteiger charge is 2.10. The number of H-pyrrole nitrogens is 1. The first-order valence-electron chi connectivity index (χ1n) is 6.64. The Labute approximate surface area is 126 Å². The maximum atomic E-state index is 5.49. The number of hydrogen-bond donors (Lipinski definition) is 1. The van der Waals surface area contributed by atoms with Crippen molar-refractivity contribution in [3.8, 4) is 5.69 Å². The number of nitrogens with one attached hydrogen (secondary N) is 1. The number of pyridine rings is 2. The summed E-state index contributed by atoms with van der Waals surface area (Å²) in [5.74, 6) is 0. The molecule has 0 fully saturated rings. The quantitative estimate of drug-likeness (QED) is 0.540. The van der Waals surface area contributed by atoms with Crippen LogP contribution in [0.1, 0.15) is 5.56 Å². The number of hydrogen-bond acceptors (Lipinski definition) is 3. The lowest BCUT2D eigenvalue weighted by Gasteiger charge is -2.07. The molecule has 1 aromatic carbocycles. The van der Waals surface area contributed by atoms with E-state index in [0.29, 0.717) is 4.77 Å². The minimum Gasteiger partial charge on any atom is -0.329 e. The van der Waals surface area contributed by atoms with E-state index in [2.05, 4.69) is 27.1 Å². The number of rotatable bonds is 1. The van der Waals surface area contributed by atoms with Crippen LogP contribution in [0.25, 0.3) is 27.6 Å². The number of aromatic nitrogens is 4. The number of benzene rings is 1. The zero-order valence-electron chi connectivity index (χ0n) is 11.4. The maximum absolute atomic E-state index is 5.49. The Kier molecular flexibility index (Phi) is 2.62. The van der Waals surface area contributed by atoms with Gasteiger partial charge in [0.25, 0.3) is 0 Å². The van der Waals surface area contributed by atoms with Crippen LogP contribution in [0, 0.1) is 11.7 Å². The van der Waals surface area contributed by atoms with E-state index in [-0.39, 0.29) is 0 Å². The molecular weight excluding hydrogens is 280 g/mol. The van der Waals surface area contributed by atoms with E-state index in [1.165, 1.54) is 0 Å². The molecule has 0 aliphatic heterocycles. The van der Waals surface area contributed by atoms with Gasteiger partial charge >= 0.3 is 0 Å². The summed E-state index contributed by atoms with van der Waals surface area (Å²) in [5.41, 5.74) is 3.88. The fourth-order valence-electron chi connectivity index (χ4n) is 2.62. The first kappa shape index (κ1) is 12.2. The summed E-state index contributed by atoms with van der Waals surface area (Å²) in [6, 6.07) is 10.2. The molecule has 0 bridgehead atoms. The van der Waals surface area contributed by atoms with Crippen molar-refractivity contribution < 1.29 is 0 Å². The van der Waals surface area contributed by atoms with Crippen LogP contribution in [-0.4, -0.2) is 19.5 Å². The van der Waals surface area contributed by atoms with Crippen molar-refractivity contribution in [1.82, 2.24) is 19.5 Å². The van der Waals surface area contributed by atoms with Gasteiger partial charge in [0.1, 0.15) is 0 Å². The first-order valence-corrected chi connectivity index (χ1v) is 7.05. The van der Waals surface area contributed by atoms with Gasteiger partial charge in [0.05, 0.1) is 11.2 Å². The van der Waals surface area contributed by atoms with Crippen molar-refractivity contribution in [3.05, 3.63) is 59.3 Å². The van der Waals surface area contributed by atoms with Gasteiger partial charge in [-0.1, -0.05) is 12.1 Å². The largest absolute Gasteiger partial charge is 0.329 e. The number of imidazole rings is 1. The van der Waals surface area contributed by atoms with Crippen molar-refractivity contribution in [2.75, 3.05) is 0 Å². The van der Waals surface area contributed by atoms with E-state index in [1.54, 1.807) is 6.20 Å². The van der Waals surface area contributed by atoms with Gasteiger partial charge in [-0.3, -0.25) is 9.55 Å². The van der Waals surface area contributed by atoms with E-state index in [0.717, 1.165) is 33.2 Å². The summed E-state index contributed by atoms with van der Waals surface area (Å²) in [6.45, 7) is 2.02. The Hall–Kier alpha value is -2.53. The molecule has 0 unspecified atom stereocenters. The molecule has 0 amide bonds. The summed E-state index contributed by atoms with van der Waals surface area (Å²) in [5, 5.41) is 2.19. The van der Waals surface area contributed by atoms with E-state index in [9.17, 15) is 0 Å².